The molecule has 9 nitrogen and oxygen atoms in total. The fraction of sp³-hybridized carbons (Fsp3) is 0.545. The molecule has 176 valence electrons. The van der Waals surface area contributed by atoms with Gasteiger partial charge in [-0.3, -0.25) is 9.48 Å². The number of hydrogen-bond acceptors (Lipinski definition) is 9. The highest BCUT2D eigenvalue weighted by Crippen LogP contribution is 2.34. The van der Waals surface area contributed by atoms with Crippen molar-refractivity contribution < 1.29 is 22.7 Å². The summed E-state index contributed by atoms with van der Waals surface area (Å²) in [6.07, 6.45) is 5.58. The first-order valence-corrected chi connectivity index (χ1v) is 13.5. The summed E-state index contributed by atoms with van der Waals surface area (Å²) in [5.41, 5.74) is 0.720. The van der Waals surface area contributed by atoms with Crippen LogP contribution in [0.2, 0.25) is 0 Å². The van der Waals surface area contributed by atoms with Gasteiger partial charge in [-0.2, -0.15) is 5.10 Å². The summed E-state index contributed by atoms with van der Waals surface area (Å²) in [5, 5.41) is 4.74. The van der Waals surface area contributed by atoms with Crippen molar-refractivity contribution in [1.82, 2.24) is 19.7 Å². The summed E-state index contributed by atoms with van der Waals surface area (Å²) in [4.78, 5) is 23.1. The number of thiazole rings is 1. The van der Waals surface area contributed by atoms with Gasteiger partial charge in [-0.05, 0) is 50.2 Å². The summed E-state index contributed by atoms with van der Waals surface area (Å²) in [7, 11) is -1.86. The first-order chi connectivity index (χ1) is 15.9. The predicted molar refractivity (Wildman–Crippen MR) is 122 cm³/mol. The van der Waals surface area contributed by atoms with Gasteiger partial charge in [-0.15, -0.1) is 0 Å². The molecular formula is C22H26N4O5S2. The SMILES string of the molecule is COc1ccc2nc(CC(=O)C(CC3CCCOC3)n3ccc(S(=O)(=O)C4CC4)n3)sc2n1. The molecule has 2 aliphatic rings. The van der Waals surface area contributed by atoms with E-state index in [1.54, 1.807) is 19.4 Å². The maximum Gasteiger partial charge on any atom is 0.214 e. The van der Waals surface area contributed by atoms with Crippen LogP contribution in [0.4, 0.5) is 0 Å². The summed E-state index contributed by atoms with van der Waals surface area (Å²) in [6.45, 7) is 1.34. The number of aromatic nitrogens is 4. The minimum atomic E-state index is -3.42. The molecule has 4 heterocycles. The van der Waals surface area contributed by atoms with Gasteiger partial charge in [0.05, 0.1) is 18.8 Å². The number of hydrogen-bond donors (Lipinski definition) is 0. The number of methoxy groups -OCH3 is 1. The third-order valence-electron chi connectivity index (χ3n) is 6.15. The maximum atomic E-state index is 13.5. The second kappa shape index (κ2) is 9.11. The molecule has 0 spiro atoms. The van der Waals surface area contributed by atoms with Crippen molar-refractivity contribution in [3.63, 3.8) is 0 Å². The van der Waals surface area contributed by atoms with Crippen LogP contribution >= 0.6 is 11.3 Å². The van der Waals surface area contributed by atoms with Gasteiger partial charge in [0.25, 0.3) is 0 Å². The molecule has 5 rings (SSSR count). The van der Waals surface area contributed by atoms with Gasteiger partial charge in [-0.1, -0.05) is 11.3 Å². The average molecular weight is 491 g/mol. The molecule has 11 heteroatoms. The van der Waals surface area contributed by atoms with Crippen LogP contribution in [0.1, 0.15) is 43.2 Å². The van der Waals surface area contributed by atoms with Gasteiger partial charge in [0.15, 0.2) is 20.6 Å². The zero-order valence-electron chi connectivity index (χ0n) is 18.3. The molecule has 0 bridgehead atoms. The van der Waals surface area contributed by atoms with Crippen LogP contribution in [0.25, 0.3) is 10.3 Å². The highest BCUT2D eigenvalue weighted by molar-refractivity contribution is 7.92. The van der Waals surface area contributed by atoms with Crippen LogP contribution < -0.4 is 4.74 Å². The highest BCUT2D eigenvalue weighted by Gasteiger charge is 2.39. The van der Waals surface area contributed by atoms with Crippen LogP contribution in [0.3, 0.4) is 0 Å². The maximum absolute atomic E-state index is 13.5. The van der Waals surface area contributed by atoms with E-state index in [-0.39, 0.29) is 28.4 Å². The lowest BCUT2D eigenvalue weighted by atomic mass is 9.92. The Morgan fingerprint density at radius 3 is 2.85 bits per heavy atom. The number of rotatable bonds is 9. The van der Waals surface area contributed by atoms with Crippen molar-refractivity contribution in [2.24, 2.45) is 5.92 Å². The largest absolute Gasteiger partial charge is 0.481 e. The molecule has 0 N–H and O–H groups in total. The van der Waals surface area contributed by atoms with Crippen LogP contribution in [0, 0.1) is 5.92 Å². The zero-order chi connectivity index (χ0) is 23.0. The molecular weight excluding hydrogens is 464 g/mol. The first-order valence-electron chi connectivity index (χ1n) is 11.1. The number of pyridine rings is 1. The summed E-state index contributed by atoms with van der Waals surface area (Å²) >= 11 is 1.36. The molecule has 33 heavy (non-hydrogen) atoms. The number of nitrogens with zero attached hydrogens (tertiary/aromatic N) is 4. The second-order valence-corrected chi connectivity index (χ2v) is 11.9. The fourth-order valence-electron chi connectivity index (χ4n) is 4.19. The van der Waals surface area contributed by atoms with E-state index in [4.69, 9.17) is 9.47 Å². The van der Waals surface area contributed by atoms with E-state index in [9.17, 15) is 13.2 Å². The Morgan fingerprint density at radius 2 is 2.12 bits per heavy atom. The van der Waals surface area contributed by atoms with E-state index in [2.05, 4.69) is 15.1 Å². The van der Waals surface area contributed by atoms with Gasteiger partial charge < -0.3 is 9.47 Å². The summed E-state index contributed by atoms with van der Waals surface area (Å²) in [6, 6.07) is 4.50. The lowest BCUT2D eigenvalue weighted by Gasteiger charge is -2.26. The monoisotopic (exact) mass is 490 g/mol. The zero-order valence-corrected chi connectivity index (χ0v) is 20.0. The Morgan fingerprint density at radius 1 is 1.27 bits per heavy atom. The number of sulfone groups is 1. The van der Waals surface area contributed by atoms with Crippen LogP contribution in [-0.2, 0) is 25.8 Å². The van der Waals surface area contributed by atoms with Gasteiger partial charge in [-0.25, -0.2) is 18.4 Å². The number of carbonyl (C=O) groups excluding carboxylic acids is 1. The second-order valence-electron chi connectivity index (χ2n) is 8.64. The molecule has 0 aromatic carbocycles. The smallest absolute Gasteiger partial charge is 0.214 e. The molecule has 3 aromatic heterocycles. The number of ketones is 1. The first kappa shape index (κ1) is 22.4. The van der Waals surface area contributed by atoms with Crippen molar-refractivity contribution in [2.45, 2.75) is 54.8 Å². The Labute approximate surface area is 196 Å². The standard InChI is InChI=1S/C22H26N4O5S2/c1-30-19-7-6-16-22(24-19)32-20(23-16)12-18(27)17(11-14-3-2-10-31-13-14)26-9-8-21(25-26)33(28,29)15-4-5-15/h6-9,14-15,17H,2-5,10-13H2,1H3. The van der Waals surface area contributed by atoms with E-state index < -0.39 is 15.9 Å². The van der Waals surface area contributed by atoms with Crippen molar-refractivity contribution in [3.8, 4) is 5.88 Å². The lowest BCUT2D eigenvalue weighted by Crippen LogP contribution is -2.28. The normalized spacial score (nSPS) is 20.1. The van der Waals surface area contributed by atoms with Gasteiger partial charge in [0, 0.05) is 25.5 Å². The summed E-state index contributed by atoms with van der Waals surface area (Å²) in [5.74, 6) is 0.673. The molecule has 0 amide bonds. The Balaban J connectivity index is 1.40. The molecule has 3 aromatic rings. The third-order valence-corrected chi connectivity index (χ3v) is 9.26. The van der Waals surface area contributed by atoms with Crippen LogP contribution in [0.5, 0.6) is 5.88 Å². The van der Waals surface area contributed by atoms with Crippen LogP contribution in [-0.4, -0.2) is 59.5 Å². The number of ether oxygens (including phenoxy) is 2. The Bertz CT molecular complexity index is 1260. The molecule has 2 fully saturated rings. The highest BCUT2D eigenvalue weighted by atomic mass is 32.2. The van der Waals surface area contributed by atoms with E-state index in [1.165, 1.54) is 22.1 Å². The minimum absolute atomic E-state index is 0.0509. The lowest BCUT2D eigenvalue weighted by molar-refractivity contribution is -0.122. The number of Topliss-reactive ketones (excluding diaryl/α,β-unsaturated/α-hetero) is 1. The van der Waals surface area contributed by atoms with Crippen molar-refractivity contribution in [3.05, 3.63) is 29.4 Å². The van der Waals surface area contributed by atoms with Gasteiger partial charge >= 0.3 is 0 Å². The topological polar surface area (TPSA) is 113 Å². The van der Waals surface area contributed by atoms with Gasteiger partial charge in [0.1, 0.15) is 21.4 Å². The average Bonchev–Trinajstić information content (AvgIpc) is 3.44. The molecule has 0 radical (unpaired) electrons. The molecule has 2 atom stereocenters. The van der Waals surface area contributed by atoms with E-state index >= 15 is 0 Å². The molecule has 1 saturated heterocycles. The molecule has 2 unspecified atom stereocenters. The van der Waals surface area contributed by atoms with Crippen molar-refractivity contribution in [1.29, 1.82) is 0 Å². The Kier molecular flexibility index (Phi) is 6.19. The third kappa shape index (κ3) is 4.80. The van der Waals surface area contributed by atoms with Crippen molar-refractivity contribution in [2.75, 3.05) is 20.3 Å². The molecule has 1 aliphatic heterocycles. The van der Waals surface area contributed by atoms with Crippen molar-refractivity contribution >= 4 is 37.3 Å². The predicted octanol–water partition coefficient (Wildman–Crippen LogP) is 3.00. The number of fused-ring (bicyclic) bond motifs is 1. The minimum Gasteiger partial charge on any atom is -0.481 e. The van der Waals surface area contributed by atoms with Crippen LogP contribution in [0.15, 0.2) is 29.4 Å². The van der Waals surface area contributed by atoms with E-state index in [0.717, 1.165) is 25.0 Å². The summed E-state index contributed by atoms with van der Waals surface area (Å²) < 4.78 is 37.6. The molecule has 1 saturated carbocycles. The number of carbonyl (C=O) groups is 1. The fourth-order valence-corrected chi connectivity index (χ4v) is 6.68. The van der Waals surface area contributed by atoms with Gasteiger partial charge in [0.2, 0.25) is 5.88 Å². The Hall–Kier alpha value is -2.37. The molecule has 1 aliphatic carbocycles. The van der Waals surface area contributed by atoms with E-state index in [0.29, 0.717) is 41.6 Å². The van der Waals surface area contributed by atoms with E-state index in [1.807, 2.05) is 6.07 Å². The quantitative estimate of drug-likeness (QED) is 0.450.